The van der Waals surface area contributed by atoms with Crippen LogP contribution in [0.4, 0.5) is 5.69 Å². The molecule has 1 aromatic rings. The van der Waals surface area contributed by atoms with Gasteiger partial charge < -0.3 is 0 Å². The average molecular weight is 248 g/mol. The monoisotopic (exact) mass is 248 g/mol. The van der Waals surface area contributed by atoms with Crippen LogP contribution in [0.15, 0.2) is 29.3 Å². The normalized spacial score (nSPS) is 18.5. The van der Waals surface area contributed by atoms with Crippen LogP contribution in [0.1, 0.15) is 19.4 Å². The fourth-order valence-corrected chi connectivity index (χ4v) is 2.70. The largest absolute Gasteiger partial charge is 0.273 e. The highest BCUT2D eigenvalue weighted by Crippen LogP contribution is 2.27. The minimum Gasteiger partial charge on any atom is -0.273 e. The van der Waals surface area contributed by atoms with E-state index in [1.54, 1.807) is 4.90 Å². The number of carbonyl (C=O) groups is 1. The molecular formula is C13H16N2OS. The molecule has 0 spiro atoms. The van der Waals surface area contributed by atoms with Crippen molar-refractivity contribution in [3.8, 4) is 0 Å². The van der Waals surface area contributed by atoms with Crippen LogP contribution >= 0.6 is 11.8 Å². The zero-order valence-electron chi connectivity index (χ0n) is 10.3. The van der Waals surface area contributed by atoms with Crippen LogP contribution in [0.3, 0.4) is 0 Å². The van der Waals surface area contributed by atoms with Gasteiger partial charge in [-0.25, -0.2) is 0 Å². The van der Waals surface area contributed by atoms with E-state index in [1.807, 2.05) is 45.0 Å². The van der Waals surface area contributed by atoms with E-state index in [-0.39, 0.29) is 11.9 Å². The third-order valence-corrected chi connectivity index (χ3v) is 3.33. The van der Waals surface area contributed by atoms with Crippen molar-refractivity contribution in [2.45, 2.75) is 26.8 Å². The summed E-state index contributed by atoms with van der Waals surface area (Å²) in [6.45, 7) is 6.06. The van der Waals surface area contributed by atoms with Gasteiger partial charge in [0.05, 0.1) is 11.4 Å². The van der Waals surface area contributed by atoms with Crippen LogP contribution in [-0.2, 0) is 4.79 Å². The molecule has 0 radical (unpaired) electrons. The number of rotatable bonds is 2. The summed E-state index contributed by atoms with van der Waals surface area (Å²) in [5.74, 6) is 0.597. The molecule has 0 bridgehead atoms. The van der Waals surface area contributed by atoms with Crippen molar-refractivity contribution in [3.05, 3.63) is 29.8 Å². The molecule has 4 heteroatoms. The third kappa shape index (κ3) is 2.69. The number of nitrogens with zero attached hydrogens (tertiary/aromatic N) is 2. The topological polar surface area (TPSA) is 32.7 Å². The zero-order valence-corrected chi connectivity index (χ0v) is 11.1. The molecule has 1 saturated heterocycles. The van der Waals surface area contributed by atoms with E-state index in [0.29, 0.717) is 5.75 Å². The van der Waals surface area contributed by atoms with Crippen LogP contribution in [0.2, 0.25) is 0 Å². The lowest BCUT2D eigenvalue weighted by Crippen LogP contribution is -2.29. The van der Waals surface area contributed by atoms with Crippen molar-refractivity contribution in [1.29, 1.82) is 0 Å². The van der Waals surface area contributed by atoms with Gasteiger partial charge in [0.15, 0.2) is 5.17 Å². The van der Waals surface area contributed by atoms with Crippen LogP contribution in [-0.4, -0.2) is 22.9 Å². The highest BCUT2D eigenvalue weighted by atomic mass is 32.2. The van der Waals surface area contributed by atoms with E-state index in [1.165, 1.54) is 11.8 Å². The molecule has 1 aromatic carbocycles. The minimum atomic E-state index is 0.111. The first-order valence-electron chi connectivity index (χ1n) is 5.68. The molecule has 0 aromatic heterocycles. The smallest absolute Gasteiger partial charge is 0.243 e. The molecule has 0 N–H and O–H groups in total. The number of aryl methyl sites for hydroxylation is 1. The maximum atomic E-state index is 11.9. The number of amidine groups is 1. The Morgan fingerprint density at radius 1 is 1.41 bits per heavy atom. The number of anilines is 1. The summed E-state index contributed by atoms with van der Waals surface area (Å²) in [5, 5.41) is 0.815. The zero-order chi connectivity index (χ0) is 12.4. The quantitative estimate of drug-likeness (QED) is 0.806. The molecule has 1 aliphatic heterocycles. The van der Waals surface area contributed by atoms with Crippen LogP contribution < -0.4 is 4.90 Å². The van der Waals surface area contributed by atoms with Gasteiger partial charge >= 0.3 is 0 Å². The van der Waals surface area contributed by atoms with Crippen molar-refractivity contribution in [3.63, 3.8) is 0 Å². The van der Waals surface area contributed by atoms with Gasteiger partial charge in [0, 0.05) is 6.04 Å². The standard InChI is InChI=1S/C13H16N2OS/c1-9(2)14-13-15(12(16)8-17-13)11-6-4-5-10(3)7-11/h4-7,9H,8H2,1-3H3. The summed E-state index contributed by atoms with van der Waals surface area (Å²) in [7, 11) is 0. The lowest BCUT2D eigenvalue weighted by Gasteiger charge is -2.17. The maximum Gasteiger partial charge on any atom is 0.243 e. The van der Waals surface area contributed by atoms with Crippen LogP contribution in [0, 0.1) is 6.92 Å². The molecule has 3 nitrogen and oxygen atoms in total. The second-order valence-electron chi connectivity index (χ2n) is 4.36. The van der Waals surface area contributed by atoms with Gasteiger partial charge in [-0.15, -0.1) is 0 Å². The molecule has 2 rings (SSSR count). The van der Waals surface area contributed by atoms with Crippen molar-refractivity contribution in [1.82, 2.24) is 0 Å². The first-order chi connectivity index (χ1) is 8.08. The van der Waals surface area contributed by atoms with Crippen LogP contribution in [0.5, 0.6) is 0 Å². The van der Waals surface area contributed by atoms with Gasteiger partial charge in [0.25, 0.3) is 0 Å². The van der Waals surface area contributed by atoms with Gasteiger partial charge in [-0.05, 0) is 38.5 Å². The molecule has 17 heavy (non-hydrogen) atoms. The van der Waals surface area contributed by atoms with Gasteiger partial charge in [0.2, 0.25) is 5.91 Å². The van der Waals surface area contributed by atoms with Gasteiger partial charge in [0.1, 0.15) is 0 Å². The first-order valence-corrected chi connectivity index (χ1v) is 6.66. The summed E-state index contributed by atoms with van der Waals surface area (Å²) < 4.78 is 0. The molecule has 0 atom stereocenters. The predicted octanol–water partition coefficient (Wildman–Crippen LogP) is 2.84. The van der Waals surface area contributed by atoms with E-state index < -0.39 is 0 Å². The average Bonchev–Trinajstić information content (AvgIpc) is 2.59. The molecule has 1 fully saturated rings. The highest BCUT2D eigenvalue weighted by molar-refractivity contribution is 8.15. The molecule has 90 valence electrons. The summed E-state index contributed by atoms with van der Waals surface area (Å²) >= 11 is 1.51. The second-order valence-corrected chi connectivity index (χ2v) is 5.30. The van der Waals surface area contributed by atoms with Gasteiger partial charge in [-0.2, -0.15) is 0 Å². The molecule has 1 heterocycles. The third-order valence-electron chi connectivity index (χ3n) is 2.39. The Morgan fingerprint density at radius 3 is 2.82 bits per heavy atom. The summed E-state index contributed by atoms with van der Waals surface area (Å²) in [5.41, 5.74) is 2.07. The number of amides is 1. The minimum absolute atomic E-state index is 0.111. The van der Waals surface area contributed by atoms with Crippen molar-refractivity contribution < 1.29 is 4.79 Å². The Kier molecular flexibility index (Phi) is 3.52. The SMILES string of the molecule is Cc1cccc(N2C(=O)CSC2=NC(C)C)c1. The number of hydrogen-bond acceptors (Lipinski definition) is 3. The van der Waals surface area contributed by atoms with E-state index >= 15 is 0 Å². The highest BCUT2D eigenvalue weighted by Gasteiger charge is 2.29. The predicted molar refractivity (Wildman–Crippen MR) is 73.7 cm³/mol. The summed E-state index contributed by atoms with van der Waals surface area (Å²) in [6, 6.07) is 8.16. The number of carbonyl (C=O) groups excluding carboxylic acids is 1. The second kappa shape index (κ2) is 4.92. The Morgan fingerprint density at radius 2 is 2.18 bits per heavy atom. The number of aliphatic imine (C=N–C) groups is 1. The number of hydrogen-bond donors (Lipinski definition) is 0. The van der Waals surface area contributed by atoms with Crippen LogP contribution in [0.25, 0.3) is 0 Å². The van der Waals surface area contributed by atoms with Crippen molar-refractivity contribution in [2.75, 3.05) is 10.7 Å². The Hall–Kier alpha value is -1.29. The molecule has 1 amide bonds. The van der Waals surface area contributed by atoms with Crippen molar-refractivity contribution >= 4 is 28.5 Å². The summed E-state index contributed by atoms with van der Waals surface area (Å²) in [6.07, 6.45) is 0. The van der Waals surface area contributed by atoms with E-state index in [2.05, 4.69) is 4.99 Å². The fourth-order valence-electron chi connectivity index (χ4n) is 1.70. The van der Waals surface area contributed by atoms with Crippen molar-refractivity contribution in [2.24, 2.45) is 4.99 Å². The molecule has 0 unspecified atom stereocenters. The Bertz CT molecular complexity index is 468. The fraction of sp³-hybridized carbons (Fsp3) is 0.385. The Labute approximate surface area is 106 Å². The molecular weight excluding hydrogens is 232 g/mol. The van der Waals surface area contributed by atoms with E-state index in [0.717, 1.165) is 16.4 Å². The van der Waals surface area contributed by atoms with Gasteiger partial charge in [-0.3, -0.25) is 14.7 Å². The van der Waals surface area contributed by atoms with E-state index in [9.17, 15) is 4.79 Å². The molecule has 1 aliphatic rings. The van der Waals surface area contributed by atoms with E-state index in [4.69, 9.17) is 0 Å². The van der Waals surface area contributed by atoms with Gasteiger partial charge in [-0.1, -0.05) is 23.9 Å². The summed E-state index contributed by atoms with van der Waals surface area (Å²) in [4.78, 5) is 18.1. The first kappa shape index (κ1) is 12.2. The maximum absolute atomic E-state index is 11.9. The lowest BCUT2D eigenvalue weighted by atomic mass is 10.2. The number of benzene rings is 1. The Balaban J connectivity index is 2.37. The molecule has 0 saturated carbocycles. The number of thioether (sulfide) groups is 1. The molecule has 0 aliphatic carbocycles. The lowest BCUT2D eigenvalue weighted by molar-refractivity contribution is -0.115.